The number of carboxylic acids is 1. The van der Waals surface area contributed by atoms with Gasteiger partial charge in [-0.1, -0.05) is 6.92 Å². The summed E-state index contributed by atoms with van der Waals surface area (Å²) in [7, 11) is 0. The average Bonchev–Trinajstić information content (AvgIpc) is 2.31. The van der Waals surface area contributed by atoms with Crippen molar-refractivity contribution in [1.82, 2.24) is 9.97 Å². The van der Waals surface area contributed by atoms with Crippen LogP contribution in [-0.4, -0.2) is 34.1 Å². The normalized spacial score (nSPS) is 10.1. The Balaban J connectivity index is 2.48. The van der Waals surface area contributed by atoms with Crippen molar-refractivity contribution < 1.29 is 9.90 Å². The lowest BCUT2D eigenvalue weighted by molar-refractivity contribution is -0.137. The van der Waals surface area contributed by atoms with Crippen molar-refractivity contribution in [2.75, 3.05) is 23.7 Å². The Kier molecular flexibility index (Phi) is 5.90. The van der Waals surface area contributed by atoms with Gasteiger partial charge >= 0.3 is 5.97 Å². The highest BCUT2D eigenvalue weighted by Crippen LogP contribution is 2.11. The molecular formula is C12H20N4O2. The molecule has 1 rings (SSSR count). The van der Waals surface area contributed by atoms with Gasteiger partial charge in [0, 0.05) is 25.6 Å². The zero-order chi connectivity index (χ0) is 13.4. The van der Waals surface area contributed by atoms with Crippen LogP contribution in [-0.2, 0) is 4.79 Å². The molecule has 6 nitrogen and oxygen atoms in total. The molecule has 100 valence electrons. The van der Waals surface area contributed by atoms with Crippen LogP contribution in [0.4, 0.5) is 11.6 Å². The maximum atomic E-state index is 10.4. The minimum Gasteiger partial charge on any atom is -0.481 e. The Hall–Kier alpha value is -1.85. The molecule has 6 heteroatoms. The lowest BCUT2D eigenvalue weighted by atomic mass is 10.3. The van der Waals surface area contributed by atoms with Crippen LogP contribution in [0.3, 0.4) is 0 Å². The van der Waals surface area contributed by atoms with Gasteiger partial charge in [0.05, 0.1) is 0 Å². The van der Waals surface area contributed by atoms with E-state index in [0.29, 0.717) is 18.8 Å². The van der Waals surface area contributed by atoms with E-state index in [9.17, 15) is 4.79 Å². The summed E-state index contributed by atoms with van der Waals surface area (Å²) in [6.45, 7) is 5.39. The summed E-state index contributed by atoms with van der Waals surface area (Å²) in [5.41, 5.74) is 0. The summed E-state index contributed by atoms with van der Waals surface area (Å²) < 4.78 is 0. The van der Waals surface area contributed by atoms with Crippen LogP contribution < -0.4 is 10.6 Å². The number of nitrogens with zero attached hydrogens (tertiary/aromatic N) is 2. The van der Waals surface area contributed by atoms with E-state index in [0.717, 1.165) is 24.6 Å². The van der Waals surface area contributed by atoms with Crippen LogP contribution in [0.2, 0.25) is 0 Å². The van der Waals surface area contributed by atoms with Crippen LogP contribution in [0, 0.1) is 6.92 Å². The minimum atomic E-state index is -0.777. The van der Waals surface area contributed by atoms with Crippen molar-refractivity contribution in [3.8, 4) is 0 Å². The molecule has 0 aliphatic heterocycles. The Morgan fingerprint density at radius 3 is 2.44 bits per heavy atom. The van der Waals surface area contributed by atoms with Crippen LogP contribution in [0.15, 0.2) is 6.07 Å². The lowest BCUT2D eigenvalue weighted by Crippen LogP contribution is -2.09. The molecule has 1 aromatic rings. The number of hydrogen-bond donors (Lipinski definition) is 3. The standard InChI is InChI=1S/C12H20N4O2/c1-3-6-13-10-8-11(16-9(2)15-10)14-7-4-5-12(17)18/h8H,3-7H2,1-2H3,(H,17,18)(H2,13,14,15,16). The van der Waals surface area contributed by atoms with Crippen LogP contribution in [0.25, 0.3) is 0 Å². The number of nitrogens with one attached hydrogen (secondary N) is 2. The molecule has 0 atom stereocenters. The van der Waals surface area contributed by atoms with Gasteiger partial charge in [0.25, 0.3) is 0 Å². The predicted octanol–water partition coefficient (Wildman–Crippen LogP) is 1.88. The quantitative estimate of drug-likeness (QED) is 0.612. The third kappa shape index (κ3) is 5.47. The molecule has 0 spiro atoms. The fourth-order valence-electron chi connectivity index (χ4n) is 1.46. The van der Waals surface area contributed by atoms with Crippen LogP contribution in [0.5, 0.6) is 0 Å². The van der Waals surface area contributed by atoms with E-state index in [1.54, 1.807) is 0 Å². The molecule has 0 fully saturated rings. The molecule has 0 saturated heterocycles. The first-order valence-electron chi connectivity index (χ1n) is 6.17. The molecule has 0 bridgehead atoms. The van der Waals surface area contributed by atoms with Gasteiger partial charge < -0.3 is 15.7 Å². The van der Waals surface area contributed by atoms with Gasteiger partial charge in [0.15, 0.2) is 0 Å². The fraction of sp³-hybridized carbons (Fsp3) is 0.583. The molecule has 0 aromatic carbocycles. The summed E-state index contributed by atoms with van der Waals surface area (Å²) in [6.07, 6.45) is 1.78. The van der Waals surface area contributed by atoms with Gasteiger partial charge in [-0.25, -0.2) is 9.97 Å². The number of carbonyl (C=O) groups is 1. The number of aromatic nitrogens is 2. The lowest BCUT2D eigenvalue weighted by Gasteiger charge is -2.09. The fourth-order valence-corrected chi connectivity index (χ4v) is 1.46. The third-order valence-corrected chi connectivity index (χ3v) is 2.27. The summed E-state index contributed by atoms with van der Waals surface area (Å²) in [4.78, 5) is 18.9. The molecule has 18 heavy (non-hydrogen) atoms. The van der Waals surface area contributed by atoms with Crippen molar-refractivity contribution in [2.45, 2.75) is 33.1 Å². The maximum absolute atomic E-state index is 10.4. The summed E-state index contributed by atoms with van der Waals surface area (Å²) in [5.74, 6) is 1.44. The number of anilines is 2. The Morgan fingerprint density at radius 2 is 1.89 bits per heavy atom. The van der Waals surface area contributed by atoms with Crippen LogP contribution in [0.1, 0.15) is 32.0 Å². The Labute approximate surface area is 107 Å². The molecule has 1 heterocycles. The zero-order valence-electron chi connectivity index (χ0n) is 10.9. The van der Waals surface area contributed by atoms with E-state index in [-0.39, 0.29) is 6.42 Å². The number of rotatable bonds is 8. The molecule has 0 radical (unpaired) electrons. The van der Waals surface area contributed by atoms with Gasteiger partial charge in [-0.2, -0.15) is 0 Å². The molecule has 0 saturated carbocycles. The summed E-state index contributed by atoms with van der Waals surface area (Å²) in [6, 6.07) is 1.84. The Bertz CT molecular complexity index is 396. The predicted molar refractivity (Wildman–Crippen MR) is 70.9 cm³/mol. The van der Waals surface area contributed by atoms with E-state index in [4.69, 9.17) is 5.11 Å². The second-order valence-corrected chi connectivity index (χ2v) is 4.04. The number of aryl methyl sites for hydroxylation is 1. The van der Waals surface area contributed by atoms with Gasteiger partial charge in [0.2, 0.25) is 0 Å². The highest BCUT2D eigenvalue weighted by molar-refractivity contribution is 5.66. The zero-order valence-corrected chi connectivity index (χ0v) is 10.9. The van der Waals surface area contributed by atoms with Gasteiger partial charge in [0.1, 0.15) is 17.5 Å². The monoisotopic (exact) mass is 252 g/mol. The summed E-state index contributed by atoms with van der Waals surface area (Å²) in [5, 5.41) is 14.8. The van der Waals surface area contributed by atoms with Gasteiger partial charge in [-0.05, 0) is 19.8 Å². The largest absolute Gasteiger partial charge is 0.481 e. The van der Waals surface area contributed by atoms with E-state index in [1.807, 2.05) is 13.0 Å². The van der Waals surface area contributed by atoms with Crippen molar-refractivity contribution in [3.63, 3.8) is 0 Å². The van der Waals surface area contributed by atoms with Crippen molar-refractivity contribution in [2.24, 2.45) is 0 Å². The molecule has 0 aliphatic carbocycles. The highest BCUT2D eigenvalue weighted by atomic mass is 16.4. The van der Waals surface area contributed by atoms with Crippen molar-refractivity contribution in [1.29, 1.82) is 0 Å². The molecular weight excluding hydrogens is 232 g/mol. The number of hydrogen-bond acceptors (Lipinski definition) is 5. The second kappa shape index (κ2) is 7.47. The molecule has 0 amide bonds. The third-order valence-electron chi connectivity index (χ3n) is 2.27. The van der Waals surface area contributed by atoms with E-state index < -0.39 is 5.97 Å². The SMILES string of the molecule is CCCNc1cc(NCCCC(=O)O)nc(C)n1. The first kappa shape index (κ1) is 14.2. The first-order chi connectivity index (χ1) is 8.61. The van der Waals surface area contributed by atoms with E-state index >= 15 is 0 Å². The second-order valence-electron chi connectivity index (χ2n) is 4.04. The van der Waals surface area contributed by atoms with Gasteiger partial charge in [-0.3, -0.25) is 4.79 Å². The molecule has 3 N–H and O–H groups in total. The van der Waals surface area contributed by atoms with Crippen molar-refractivity contribution >= 4 is 17.6 Å². The Morgan fingerprint density at radius 1 is 1.28 bits per heavy atom. The maximum Gasteiger partial charge on any atom is 0.303 e. The molecule has 0 aliphatic rings. The highest BCUT2D eigenvalue weighted by Gasteiger charge is 2.01. The van der Waals surface area contributed by atoms with Crippen LogP contribution >= 0.6 is 0 Å². The first-order valence-corrected chi connectivity index (χ1v) is 6.17. The van der Waals surface area contributed by atoms with Gasteiger partial charge in [-0.15, -0.1) is 0 Å². The van der Waals surface area contributed by atoms with Crippen molar-refractivity contribution in [3.05, 3.63) is 11.9 Å². The smallest absolute Gasteiger partial charge is 0.303 e. The van der Waals surface area contributed by atoms with E-state index in [1.165, 1.54) is 0 Å². The topological polar surface area (TPSA) is 87.1 Å². The minimum absolute atomic E-state index is 0.165. The number of aliphatic carboxylic acids is 1. The average molecular weight is 252 g/mol. The van der Waals surface area contributed by atoms with E-state index in [2.05, 4.69) is 27.5 Å². The molecule has 0 unspecified atom stereocenters. The molecule has 1 aromatic heterocycles. The summed E-state index contributed by atoms with van der Waals surface area (Å²) >= 11 is 0. The number of carboxylic acid groups (broad SMARTS) is 1.